The third-order valence-electron chi connectivity index (χ3n) is 3.73. The van der Waals surface area contributed by atoms with E-state index in [0.717, 1.165) is 26.2 Å². The maximum absolute atomic E-state index is 5.04. The Morgan fingerprint density at radius 3 is 1.59 bits per heavy atom. The van der Waals surface area contributed by atoms with Crippen LogP contribution in [0.15, 0.2) is 0 Å². The van der Waals surface area contributed by atoms with Crippen molar-refractivity contribution in [2.45, 2.75) is 52.8 Å². The number of likely N-dealkylation sites (N-methyl/N-ethyl adjacent to an activating group) is 1. The predicted molar refractivity (Wildman–Crippen MR) is 79.6 cm³/mol. The fourth-order valence-electron chi connectivity index (χ4n) is 2.05. The molecule has 0 heterocycles. The number of hydrogen-bond acceptors (Lipinski definition) is 1. The van der Waals surface area contributed by atoms with Crippen molar-refractivity contribution in [3.8, 4) is 0 Å². The van der Waals surface area contributed by atoms with Crippen molar-refractivity contribution in [1.29, 1.82) is 0 Å². The van der Waals surface area contributed by atoms with E-state index in [1.54, 1.807) is 0 Å². The largest absolute Gasteiger partial charge is 3.00 e. The molecule has 0 aliphatic carbocycles. The fourth-order valence-corrected chi connectivity index (χ4v) is 4.80. The average Bonchev–Trinajstić information content (AvgIpc) is 2.31. The summed E-state index contributed by atoms with van der Waals surface area (Å²) in [7, 11) is -1.21. The number of rotatable bonds is 9. The number of hydrogen-bond donors (Lipinski definition) is 0. The molecule has 0 bridgehead atoms. The van der Waals surface area contributed by atoms with Gasteiger partial charge in [0.15, 0.2) is 0 Å². The zero-order valence-corrected chi connectivity index (χ0v) is 14.7. The van der Waals surface area contributed by atoms with E-state index in [1.807, 2.05) is 0 Å². The summed E-state index contributed by atoms with van der Waals surface area (Å²) in [6.07, 6.45) is 0. The van der Waals surface area contributed by atoms with Crippen LogP contribution in [0.4, 0.5) is 0 Å². The summed E-state index contributed by atoms with van der Waals surface area (Å²) in [5, 5.41) is 0. The second-order valence-corrected chi connectivity index (χ2v) is 9.08. The van der Waals surface area contributed by atoms with Crippen LogP contribution >= 0.6 is 0 Å². The van der Waals surface area contributed by atoms with Crippen molar-refractivity contribution >= 4 is 8.24 Å². The van der Waals surface area contributed by atoms with E-state index in [-0.39, 0.29) is 24.2 Å². The van der Waals surface area contributed by atoms with Gasteiger partial charge in [0.1, 0.15) is 0 Å². The molecule has 0 rings (SSSR count). The molecule has 0 amide bonds. The minimum atomic E-state index is -1.21. The first-order valence-electron chi connectivity index (χ1n) is 6.58. The normalized spacial score (nSPS) is 10.9. The maximum atomic E-state index is 5.04. The summed E-state index contributed by atoms with van der Waals surface area (Å²) in [6, 6.07) is 3.95. The Morgan fingerprint density at radius 1 is 0.882 bits per heavy atom. The van der Waals surface area contributed by atoms with Crippen molar-refractivity contribution < 1.29 is 16.8 Å². The predicted octanol–water partition coefficient (Wildman–Crippen LogP) is 4.15. The Labute approximate surface area is 121 Å². The third-order valence-corrected chi connectivity index (χ3v) is 8.58. The van der Waals surface area contributed by atoms with E-state index in [0.29, 0.717) is 0 Å². The van der Waals surface area contributed by atoms with Gasteiger partial charge in [0.25, 0.3) is 0 Å². The first kappa shape index (κ1) is 22.8. The Kier molecular flexibility index (Phi) is 17.5. The van der Waals surface area contributed by atoms with Crippen molar-refractivity contribution in [2.24, 2.45) is 0 Å². The van der Waals surface area contributed by atoms with Gasteiger partial charge in [0, 0.05) is 0 Å². The topological polar surface area (TPSA) is 17.3 Å². The van der Waals surface area contributed by atoms with Gasteiger partial charge in [-0.2, -0.15) is 0 Å². The van der Waals surface area contributed by atoms with Crippen molar-refractivity contribution in [3.05, 3.63) is 12.4 Å². The molecule has 0 saturated carbocycles. The smallest absolute Gasteiger partial charge is 0.663 e. The van der Waals surface area contributed by atoms with Gasteiger partial charge in [-0.3, -0.25) is 0 Å². The van der Waals surface area contributed by atoms with Gasteiger partial charge in [-0.1, -0.05) is 61.0 Å². The molecule has 0 aromatic rings. The average molecular weight is 303 g/mol. The SMILES string of the molecule is CCN(CC)CC[N-][Si](CC)(CC)CC.[CH3-].[Co+3]. The van der Waals surface area contributed by atoms with Crippen molar-refractivity contribution in [2.75, 3.05) is 26.2 Å². The minimum absolute atomic E-state index is 0. The van der Waals surface area contributed by atoms with Gasteiger partial charge in [-0.05, 0) is 19.6 Å². The van der Waals surface area contributed by atoms with Crippen LogP contribution in [0.1, 0.15) is 34.6 Å². The van der Waals surface area contributed by atoms with Crippen LogP contribution in [-0.4, -0.2) is 39.3 Å². The van der Waals surface area contributed by atoms with Crippen LogP contribution < -0.4 is 0 Å². The summed E-state index contributed by atoms with van der Waals surface area (Å²) in [5.41, 5.74) is 0. The second-order valence-electron chi connectivity index (χ2n) is 4.19. The summed E-state index contributed by atoms with van der Waals surface area (Å²) >= 11 is 0. The quantitative estimate of drug-likeness (QED) is 0.462. The van der Waals surface area contributed by atoms with Gasteiger partial charge in [0.05, 0.1) is 0 Å². The minimum Gasteiger partial charge on any atom is -0.663 e. The van der Waals surface area contributed by atoms with Gasteiger partial charge >= 0.3 is 16.8 Å². The number of nitrogens with zero attached hydrogens (tertiary/aromatic N) is 2. The van der Waals surface area contributed by atoms with Crippen LogP contribution in [0.2, 0.25) is 18.1 Å². The molecule has 17 heavy (non-hydrogen) atoms. The van der Waals surface area contributed by atoms with Gasteiger partial charge in [-0.25, -0.2) is 0 Å². The zero-order chi connectivity index (χ0) is 11.7. The van der Waals surface area contributed by atoms with Crippen molar-refractivity contribution in [3.63, 3.8) is 0 Å². The molecule has 0 aromatic carbocycles. The molecule has 0 fully saturated rings. The molecule has 0 radical (unpaired) electrons. The molecule has 0 N–H and O–H groups in total. The first-order valence-corrected chi connectivity index (χ1v) is 9.15. The van der Waals surface area contributed by atoms with Crippen LogP contribution in [0, 0.1) is 7.43 Å². The fraction of sp³-hybridized carbons (Fsp3) is 0.923. The summed E-state index contributed by atoms with van der Waals surface area (Å²) in [5.74, 6) is 0. The van der Waals surface area contributed by atoms with Crippen LogP contribution in [-0.2, 0) is 16.8 Å². The van der Waals surface area contributed by atoms with E-state index >= 15 is 0 Å². The Hall–Kier alpha value is 0.643. The van der Waals surface area contributed by atoms with E-state index in [1.165, 1.54) is 18.1 Å². The van der Waals surface area contributed by atoms with Gasteiger partial charge in [0.2, 0.25) is 0 Å². The maximum Gasteiger partial charge on any atom is 3.00 e. The molecule has 0 atom stereocenters. The molecule has 0 spiro atoms. The molecular formula is C13H32CoN2Si+. The molecule has 4 heteroatoms. The van der Waals surface area contributed by atoms with E-state index < -0.39 is 8.24 Å². The van der Waals surface area contributed by atoms with E-state index in [2.05, 4.69) is 39.5 Å². The molecule has 0 saturated heterocycles. The third kappa shape index (κ3) is 8.37. The molecule has 0 unspecified atom stereocenters. The molecule has 0 aliphatic rings. The summed E-state index contributed by atoms with van der Waals surface area (Å²) in [6.45, 7) is 15.9. The monoisotopic (exact) mass is 303 g/mol. The van der Waals surface area contributed by atoms with Gasteiger partial charge < -0.3 is 17.3 Å². The molecular weight excluding hydrogens is 271 g/mol. The zero-order valence-electron chi connectivity index (χ0n) is 12.7. The molecule has 106 valence electrons. The van der Waals surface area contributed by atoms with E-state index in [4.69, 9.17) is 4.98 Å². The second kappa shape index (κ2) is 13.1. The summed E-state index contributed by atoms with van der Waals surface area (Å²) in [4.78, 5) is 7.51. The Balaban J connectivity index is -0.000000980. The molecule has 0 aliphatic heterocycles. The van der Waals surface area contributed by atoms with E-state index in [9.17, 15) is 0 Å². The van der Waals surface area contributed by atoms with Crippen LogP contribution in [0.25, 0.3) is 4.98 Å². The van der Waals surface area contributed by atoms with Crippen LogP contribution in [0.5, 0.6) is 0 Å². The molecule has 0 aromatic heterocycles. The standard InChI is InChI=1S/C12H29N2Si.CH3.Co/c1-6-14(7-2)12-11-13-15(8-3,9-4)10-5;;/h6-12H2,1-5H3;1H3;/q2*-1;+3. The van der Waals surface area contributed by atoms with Crippen LogP contribution in [0.3, 0.4) is 0 Å². The molecule has 2 nitrogen and oxygen atoms in total. The van der Waals surface area contributed by atoms with Crippen molar-refractivity contribution in [1.82, 2.24) is 4.90 Å². The summed E-state index contributed by atoms with van der Waals surface area (Å²) < 4.78 is 0. The Morgan fingerprint density at radius 2 is 1.29 bits per heavy atom. The Bertz CT molecular complexity index is 140. The van der Waals surface area contributed by atoms with Gasteiger partial charge in [-0.15, -0.1) is 6.54 Å². The first-order chi connectivity index (χ1) is 7.17.